The number of allylic oxidation sites excluding steroid dienone is 5. The summed E-state index contributed by atoms with van der Waals surface area (Å²) in [4.78, 5) is 8.26. The second-order valence-corrected chi connectivity index (χ2v) is 5.30. The molecule has 0 aromatic carbocycles. The first-order valence-corrected chi connectivity index (χ1v) is 7.81. The second-order valence-electron chi connectivity index (χ2n) is 5.30. The maximum absolute atomic E-state index is 4.36. The van der Waals surface area contributed by atoms with E-state index in [0.29, 0.717) is 0 Å². The van der Waals surface area contributed by atoms with Crippen LogP contribution in [-0.4, -0.2) is 37.7 Å². The predicted octanol–water partition coefficient (Wildman–Crippen LogP) is 3.51. The molecule has 1 unspecified atom stereocenters. The van der Waals surface area contributed by atoms with E-state index in [1.54, 1.807) is 6.20 Å². The van der Waals surface area contributed by atoms with Crippen molar-refractivity contribution < 1.29 is 0 Å². The average Bonchev–Trinajstić information content (AvgIpc) is 2.54. The molecule has 0 aromatic heterocycles. The second kappa shape index (κ2) is 10.3. The van der Waals surface area contributed by atoms with Gasteiger partial charge in [0.05, 0.1) is 0 Å². The first-order chi connectivity index (χ1) is 11.1. The minimum Gasteiger partial charge on any atom is -0.385 e. The van der Waals surface area contributed by atoms with Crippen molar-refractivity contribution in [2.75, 3.05) is 13.6 Å². The zero-order valence-electron chi connectivity index (χ0n) is 14.5. The lowest BCUT2D eigenvalue weighted by Crippen LogP contribution is -2.13. The van der Waals surface area contributed by atoms with Crippen LogP contribution in [0.4, 0.5) is 0 Å². The Morgan fingerprint density at radius 3 is 3.00 bits per heavy atom. The molecule has 1 atom stereocenters. The minimum absolute atomic E-state index is 0.290. The van der Waals surface area contributed by atoms with Crippen molar-refractivity contribution in [3.05, 3.63) is 47.6 Å². The van der Waals surface area contributed by atoms with Gasteiger partial charge < -0.3 is 5.32 Å². The van der Waals surface area contributed by atoms with Crippen LogP contribution in [0.3, 0.4) is 0 Å². The molecule has 1 aliphatic rings. The lowest BCUT2D eigenvalue weighted by Gasteiger charge is -2.17. The molecule has 1 N–H and O–H groups in total. The Labute approximate surface area is 139 Å². The average molecular weight is 313 g/mol. The molecule has 0 aliphatic carbocycles. The van der Waals surface area contributed by atoms with E-state index in [2.05, 4.69) is 47.2 Å². The molecule has 1 heterocycles. The molecule has 0 fully saturated rings. The lowest BCUT2D eigenvalue weighted by molar-refractivity contribution is 0.474. The van der Waals surface area contributed by atoms with Gasteiger partial charge in [-0.1, -0.05) is 6.92 Å². The number of likely N-dealkylation sites (N-methyl/N-ethyl adjacent to an activating group) is 1. The molecule has 5 heteroatoms. The van der Waals surface area contributed by atoms with Crippen LogP contribution in [0.5, 0.6) is 0 Å². The zero-order valence-corrected chi connectivity index (χ0v) is 14.5. The third-order valence-corrected chi connectivity index (χ3v) is 3.28. The Balaban J connectivity index is 2.62. The van der Waals surface area contributed by atoms with Crippen LogP contribution in [0.15, 0.2) is 62.7 Å². The number of rotatable bonds is 8. The Kier molecular flexibility index (Phi) is 8.36. The summed E-state index contributed by atoms with van der Waals surface area (Å²) in [6.45, 7) is 10.5. The number of hydrazone groups is 1. The largest absolute Gasteiger partial charge is 0.385 e. The fourth-order valence-corrected chi connectivity index (χ4v) is 2.01. The van der Waals surface area contributed by atoms with Crippen LogP contribution in [-0.2, 0) is 0 Å². The predicted molar refractivity (Wildman–Crippen MR) is 101 cm³/mol. The summed E-state index contributed by atoms with van der Waals surface area (Å²) >= 11 is 0. The quantitative estimate of drug-likeness (QED) is 0.551. The Bertz CT molecular complexity index is 564. The Morgan fingerprint density at radius 1 is 1.57 bits per heavy atom. The van der Waals surface area contributed by atoms with Gasteiger partial charge in [0, 0.05) is 62.2 Å². The standard InChI is InChI=1S/C18H27N5/c1-6-21-18(12-16(3)19-4)8-7-10-20-13-15(2)17-9-11-22-23(5)14-17/h7-8,10-15,21H,4,6,9H2,1-3,5H3/b10-7+,16-12+,18-8+,20-13?. The van der Waals surface area contributed by atoms with Gasteiger partial charge in [-0.2, -0.15) is 5.10 Å². The van der Waals surface area contributed by atoms with E-state index in [-0.39, 0.29) is 5.92 Å². The van der Waals surface area contributed by atoms with E-state index in [1.165, 1.54) is 5.57 Å². The summed E-state index contributed by atoms with van der Waals surface area (Å²) in [6, 6.07) is 0. The highest BCUT2D eigenvalue weighted by Gasteiger charge is 2.08. The van der Waals surface area contributed by atoms with Gasteiger partial charge in [0.2, 0.25) is 0 Å². The molecule has 0 radical (unpaired) electrons. The summed E-state index contributed by atoms with van der Waals surface area (Å²) in [5.74, 6) is 0.290. The highest BCUT2D eigenvalue weighted by atomic mass is 15.4. The van der Waals surface area contributed by atoms with Gasteiger partial charge in [0.1, 0.15) is 0 Å². The smallest absolute Gasteiger partial charge is 0.0385 e. The molecule has 0 saturated carbocycles. The van der Waals surface area contributed by atoms with Crippen molar-refractivity contribution in [1.82, 2.24) is 10.3 Å². The molecule has 5 nitrogen and oxygen atoms in total. The van der Waals surface area contributed by atoms with Crippen molar-refractivity contribution >= 4 is 19.1 Å². The fraction of sp³-hybridized carbons (Fsp3) is 0.389. The van der Waals surface area contributed by atoms with E-state index in [9.17, 15) is 0 Å². The maximum Gasteiger partial charge on any atom is 0.0385 e. The van der Waals surface area contributed by atoms with Crippen LogP contribution >= 0.6 is 0 Å². The van der Waals surface area contributed by atoms with Gasteiger partial charge in [-0.05, 0) is 44.4 Å². The van der Waals surface area contributed by atoms with E-state index >= 15 is 0 Å². The highest BCUT2D eigenvalue weighted by Crippen LogP contribution is 2.15. The van der Waals surface area contributed by atoms with Crippen molar-refractivity contribution in [3.63, 3.8) is 0 Å². The third kappa shape index (κ3) is 7.40. The van der Waals surface area contributed by atoms with Crippen molar-refractivity contribution in [1.29, 1.82) is 0 Å². The van der Waals surface area contributed by atoms with E-state index in [0.717, 1.165) is 24.4 Å². The number of nitrogens with one attached hydrogen (secondary N) is 1. The van der Waals surface area contributed by atoms with E-state index in [1.807, 2.05) is 49.6 Å². The van der Waals surface area contributed by atoms with E-state index in [4.69, 9.17) is 0 Å². The van der Waals surface area contributed by atoms with Gasteiger partial charge in [0.25, 0.3) is 0 Å². The SMILES string of the molecule is C=N/C(C)=C/C(=C\C=C\N=CC(C)C1=CN(C)N=CC1)NCC. The minimum atomic E-state index is 0.290. The molecule has 0 spiro atoms. The topological polar surface area (TPSA) is 52.4 Å². The summed E-state index contributed by atoms with van der Waals surface area (Å²) in [5, 5.41) is 9.28. The molecular formula is C18H27N5. The van der Waals surface area contributed by atoms with Crippen LogP contribution in [0.2, 0.25) is 0 Å². The molecule has 1 aliphatic heterocycles. The molecular weight excluding hydrogens is 286 g/mol. The Hall–Kier alpha value is -2.43. The van der Waals surface area contributed by atoms with Crippen molar-refractivity contribution in [3.8, 4) is 0 Å². The highest BCUT2D eigenvalue weighted by molar-refractivity contribution is 5.70. The fourth-order valence-electron chi connectivity index (χ4n) is 2.01. The summed E-state index contributed by atoms with van der Waals surface area (Å²) in [6.07, 6.45) is 14.4. The molecule has 23 heavy (non-hydrogen) atoms. The van der Waals surface area contributed by atoms with Crippen molar-refractivity contribution in [2.45, 2.75) is 27.2 Å². The van der Waals surface area contributed by atoms with Crippen LogP contribution < -0.4 is 5.32 Å². The molecule has 0 bridgehead atoms. The summed E-state index contributed by atoms with van der Waals surface area (Å²) in [7, 11) is 1.93. The van der Waals surface area contributed by atoms with Gasteiger partial charge in [-0.15, -0.1) is 0 Å². The first-order valence-electron chi connectivity index (χ1n) is 7.81. The van der Waals surface area contributed by atoms with Gasteiger partial charge in [0.15, 0.2) is 0 Å². The first kappa shape index (κ1) is 18.6. The lowest BCUT2D eigenvalue weighted by atomic mass is 10.0. The van der Waals surface area contributed by atoms with Crippen LogP contribution in [0.1, 0.15) is 27.2 Å². The Morgan fingerprint density at radius 2 is 2.35 bits per heavy atom. The van der Waals surface area contributed by atoms with Crippen LogP contribution in [0, 0.1) is 5.92 Å². The molecule has 124 valence electrons. The van der Waals surface area contributed by atoms with Crippen LogP contribution in [0.25, 0.3) is 0 Å². The summed E-state index contributed by atoms with van der Waals surface area (Å²) < 4.78 is 0. The molecule has 0 amide bonds. The molecule has 1 rings (SSSR count). The monoisotopic (exact) mass is 313 g/mol. The number of hydrogen-bond acceptors (Lipinski definition) is 5. The normalized spacial score (nSPS) is 17.7. The van der Waals surface area contributed by atoms with Gasteiger partial charge >= 0.3 is 0 Å². The van der Waals surface area contributed by atoms with E-state index < -0.39 is 0 Å². The number of aliphatic imine (C=N–C) groups is 2. The maximum atomic E-state index is 4.36. The number of hydrogen-bond donors (Lipinski definition) is 1. The van der Waals surface area contributed by atoms with Crippen molar-refractivity contribution in [2.24, 2.45) is 21.0 Å². The molecule has 0 aromatic rings. The third-order valence-electron chi connectivity index (χ3n) is 3.28. The summed E-state index contributed by atoms with van der Waals surface area (Å²) in [5.41, 5.74) is 3.17. The molecule has 0 saturated heterocycles. The van der Waals surface area contributed by atoms with Gasteiger partial charge in [-0.3, -0.25) is 15.0 Å². The van der Waals surface area contributed by atoms with Gasteiger partial charge in [-0.25, -0.2) is 0 Å². The zero-order chi connectivity index (χ0) is 17.1. The number of nitrogens with zero attached hydrogens (tertiary/aromatic N) is 4.